The highest BCUT2D eigenvalue weighted by atomic mass is 35.5. The molecule has 1 saturated heterocycles. The zero-order chi connectivity index (χ0) is 17.5. The van der Waals surface area contributed by atoms with E-state index in [9.17, 15) is 4.79 Å². The number of rotatable bonds is 7. The molecule has 0 radical (unpaired) electrons. The van der Waals surface area contributed by atoms with Crippen LogP contribution in [0.1, 0.15) is 10.4 Å². The molecule has 0 bridgehead atoms. The van der Waals surface area contributed by atoms with E-state index in [1.54, 1.807) is 24.3 Å². The SMILES string of the molecule is C=CCOc1cc(OCC=C)c(C(=O)N2CCN(C)CC2)cc1Cl. The topological polar surface area (TPSA) is 42.0 Å². The van der Waals surface area contributed by atoms with Crippen LogP contribution in [0.4, 0.5) is 0 Å². The van der Waals surface area contributed by atoms with E-state index in [2.05, 4.69) is 18.1 Å². The van der Waals surface area contributed by atoms with Crippen molar-refractivity contribution in [2.75, 3.05) is 46.4 Å². The average Bonchev–Trinajstić information content (AvgIpc) is 2.59. The van der Waals surface area contributed by atoms with Crippen molar-refractivity contribution >= 4 is 17.5 Å². The number of piperazine rings is 1. The van der Waals surface area contributed by atoms with Gasteiger partial charge in [-0.2, -0.15) is 0 Å². The molecule has 0 N–H and O–H groups in total. The summed E-state index contributed by atoms with van der Waals surface area (Å²) in [5.74, 6) is 0.826. The number of benzene rings is 1. The first-order chi connectivity index (χ1) is 11.6. The van der Waals surface area contributed by atoms with Gasteiger partial charge in [-0.15, -0.1) is 0 Å². The minimum atomic E-state index is -0.0840. The molecule has 0 unspecified atom stereocenters. The second kappa shape index (κ2) is 8.76. The molecular weight excluding hydrogens is 328 g/mol. The molecule has 0 aliphatic carbocycles. The number of halogens is 1. The second-order valence-electron chi connectivity index (χ2n) is 5.57. The largest absolute Gasteiger partial charge is 0.489 e. The van der Waals surface area contributed by atoms with Crippen LogP contribution in [0.3, 0.4) is 0 Å². The third-order valence-electron chi connectivity index (χ3n) is 3.77. The maximum Gasteiger partial charge on any atom is 0.257 e. The van der Waals surface area contributed by atoms with E-state index >= 15 is 0 Å². The van der Waals surface area contributed by atoms with Crippen LogP contribution in [0, 0.1) is 0 Å². The van der Waals surface area contributed by atoms with E-state index in [0.29, 0.717) is 48.4 Å². The molecular formula is C18H23ClN2O3. The van der Waals surface area contributed by atoms with Gasteiger partial charge < -0.3 is 19.3 Å². The first kappa shape index (κ1) is 18.4. The number of carbonyl (C=O) groups excluding carboxylic acids is 1. The third kappa shape index (κ3) is 4.52. The fraction of sp³-hybridized carbons (Fsp3) is 0.389. The van der Waals surface area contributed by atoms with Gasteiger partial charge in [0, 0.05) is 32.2 Å². The van der Waals surface area contributed by atoms with E-state index < -0.39 is 0 Å². The van der Waals surface area contributed by atoms with Crippen molar-refractivity contribution in [1.82, 2.24) is 9.80 Å². The number of hydrogen-bond donors (Lipinski definition) is 0. The third-order valence-corrected chi connectivity index (χ3v) is 4.06. The van der Waals surface area contributed by atoms with Crippen molar-refractivity contribution in [2.45, 2.75) is 0 Å². The van der Waals surface area contributed by atoms with Crippen LogP contribution in [0.15, 0.2) is 37.4 Å². The lowest BCUT2D eigenvalue weighted by Gasteiger charge is -2.32. The van der Waals surface area contributed by atoms with Gasteiger partial charge in [0.05, 0.1) is 10.6 Å². The summed E-state index contributed by atoms with van der Waals surface area (Å²) in [6.07, 6.45) is 3.26. The minimum Gasteiger partial charge on any atom is -0.489 e. The highest BCUT2D eigenvalue weighted by Crippen LogP contribution is 2.34. The molecule has 1 aliphatic heterocycles. The van der Waals surface area contributed by atoms with Crippen LogP contribution in [0.5, 0.6) is 11.5 Å². The molecule has 1 aromatic carbocycles. The zero-order valence-corrected chi connectivity index (χ0v) is 14.7. The molecule has 24 heavy (non-hydrogen) atoms. The van der Waals surface area contributed by atoms with Gasteiger partial charge >= 0.3 is 0 Å². The summed E-state index contributed by atoms with van der Waals surface area (Å²) in [6.45, 7) is 10.9. The van der Waals surface area contributed by atoms with Gasteiger partial charge in [-0.3, -0.25) is 4.79 Å². The van der Waals surface area contributed by atoms with Gasteiger partial charge in [0.1, 0.15) is 24.7 Å². The lowest BCUT2D eigenvalue weighted by Crippen LogP contribution is -2.47. The predicted octanol–water partition coefficient (Wildman–Crippen LogP) is 2.86. The van der Waals surface area contributed by atoms with E-state index in [1.807, 2.05) is 11.9 Å². The lowest BCUT2D eigenvalue weighted by atomic mass is 10.1. The highest BCUT2D eigenvalue weighted by Gasteiger charge is 2.24. The average molecular weight is 351 g/mol. The molecule has 0 spiro atoms. The van der Waals surface area contributed by atoms with Crippen molar-refractivity contribution in [2.24, 2.45) is 0 Å². The van der Waals surface area contributed by atoms with Gasteiger partial charge in [-0.25, -0.2) is 0 Å². The Hall–Kier alpha value is -1.98. The van der Waals surface area contributed by atoms with Crippen molar-refractivity contribution < 1.29 is 14.3 Å². The van der Waals surface area contributed by atoms with Crippen molar-refractivity contribution in [3.05, 3.63) is 48.0 Å². The summed E-state index contributed by atoms with van der Waals surface area (Å²) < 4.78 is 11.2. The van der Waals surface area contributed by atoms with Crippen LogP contribution in [-0.2, 0) is 0 Å². The van der Waals surface area contributed by atoms with Crippen LogP contribution < -0.4 is 9.47 Å². The van der Waals surface area contributed by atoms with Crippen LogP contribution in [0.2, 0.25) is 5.02 Å². The number of likely N-dealkylation sites (N-methyl/N-ethyl adjacent to an activating group) is 1. The lowest BCUT2D eigenvalue weighted by molar-refractivity contribution is 0.0660. The Balaban J connectivity index is 2.28. The maximum absolute atomic E-state index is 12.9. The Morgan fingerprint density at radius 1 is 1.12 bits per heavy atom. The monoisotopic (exact) mass is 350 g/mol. The molecule has 2 rings (SSSR count). The normalized spacial score (nSPS) is 15.0. The first-order valence-corrected chi connectivity index (χ1v) is 8.23. The van der Waals surface area contributed by atoms with E-state index in [4.69, 9.17) is 21.1 Å². The van der Waals surface area contributed by atoms with Gasteiger partial charge in [0.25, 0.3) is 5.91 Å². The molecule has 0 atom stereocenters. The molecule has 5 nitrogen and oxygen atoms in total. The summed E-state index contributed by atoms with van der Waals surface area (Å²) in [4.78, 5) is 16.9. The Kier molecular flexibility index (Phi) is 6.70. The van der Waals surface area contributed by atoms with Crippen molar-refractivity contribution in [1.29, 1.82) is 0 Å². The van der Waals surface area contributed by atoms with Crippen LogP contribution in [-0.4, -0.2) is 62.1 Å². The van der Waals surface area contributed by atoms with E-state index in [-0.39, 0.29) is 5.91 Å². The number of amides is 1. The summed E-state index contributed by atoms with van der Waals surface area (Å²) in [5.41, 5.74) is 0.442. The minimum absolute atomic E-state index is 0.0840. The maximum atomic E-state index is 12.9. The fourth-order valence-corrected chi connectivity index (χ4v) is 2.63. The molecule has 1 amide bonds. The first-order valence-electron chi connectivity index (χ1n) is 7.85. The van der Waals surface area contributed by atoms with E-state index in [0.717, 1.165) is 13.1 Å². The van der Waals surface area contributed by atoms with Gasteiger partial charge in [-0.05, 0) is 13.1 Å². The van der Waals surface area contributed by atoms with Gasteiger partial charge in [0.2, 0.25) is 0 Å². The molecule has 6 heteroatoms. The molecule has 1 heterocycles. The fourth-order valence-electron chi connectivity index (χ4n) is 2.41. The smallest absolute Gasteiger partial charge is 0.257 e. The Morgan fingerprint density at radius 2 is 1.71 bits per heavy atom. The zero-order valence-electron chi connectivity index (χ0n) is 14.0. The molecule has 0 aromatic heterocycles. The Bertz CT molecular complexity index is 611. The highest BCUT2D eigenvalue weighted by molar-refractivity contribution is 6.32. The number of ether oxygens (including phenoxy) is 2. The van der Waals surface area contributed by atoms with Gasteiger partial charge in [0.15, 0.2) is 0 Å². The van der Waals surface area contributed by atoms with Gasteiger partial charge in [-0.1, -0.05) is 36.9 Å². The summed E-state index contributed by atoms with van der Waals surface area (Å²) >= 11 is 6.26. The second-order valence-corrected chi connectivity index (χ2v) is 5.98. The standard InChI is InChI=1S/C18H23ClN2O3/c1-4-10-23-16-13-17(24-11-5-2)15(19)12-14(16)18(22)21-8-6-20(3)7-9-21/h4-5,12-13H,1-2,6-11H2,3H3. The summed E-state index contributed by atoms with van der Waals surface area (Å²) in [6, 6.07) is 3.26. The molecule has 130 valence electrons. The van der Waals surface area contributed by atoms with Crippen LogP contribution >= 0.6 is 11.6 Å². The molecule has 1 fully saturated rings. The number of carbonyl (C=O) groups is 1. The quantitative estimate of drug-likeness (QED) is 0.709. The van der Waals surface area contributed by atoms with Crippen LogP contribution in [0.25, 0.3) is 0 Å². The summed E-state index contributed by atoms with van der Waals surface area (Å²) in [7, 11) is 2.04. The van der Waals surface area contributed by atoms with Crippen molar-refractivity contribution in [3.63, 3.8) is 0 Å². The Labute approximate surface area is 148 Å². The number of hydrogen-bond acceptors (Lipinski definition) is 4. The summed E-state index contributed by atoms with van der Waals surface area (Å²) in [5, 5.41) is 0.375. The van der Waals surface area contributed by atoms with Crippen molar-refractivity contribution in [3.8, 4) is 11.5 Å². The Morgan fingerprint density at radius 3 is 2.29 bits per heavy atom. The van der Waals surface area contributed by atoms with E-state index in [1.165, 1.54) is 0 Å². The molecule has 0 saturated carbocycles. The number of nitrogens with zero attached hydrogens (tertiary/aromatic N) is 2. The predicted molar refractivity (Wildman–Crippen MR) is 96.2 cm³/mol. The molecule has 1 aliphatic rings. The molecule has 1 aromatic rings.